The first-order chi connectivity index (χ1) is 13.0. The summed E-state index contributed by atoms with van der Waals surface area (Å²) in [5.74, 6) is 0.567. The minimum absolute atomic E-state index is 0.105. The largest absolute Gasteiger partial charge is 0.485 e. The Morgan fingerprint density at radius 1 is 1.04 bits per heavy atom. The number of anilines is 2. The van der Waals surface area contributed by atoms with Gasteiger partial charge in [-0.3, -0.25) is 0 Å². The number of hydrogen-bond acceptors (Lipinski definition) is 6. The van der Waals surface area contributed by atoms with Crippen molar-refractivity contribution in [1.82, 2.24) is 9.97 Å². The summed E-state index contributed by atoms with van der Waals surface area (Å²) in [6, 6.07) is 16.7. The number of aromatic carboxylic acids is 1. The van der Waals surface area contributed by atoms with Crippen molar-refractivity contribution in [1.29, 1.82) is 0 Å². The van der Waals surface area contributed by atoms with Crippen molar-refractivity contribution in [2.45, 2.75) is 20.0 Å². The summed E-state index contributed by atoms with van der Waals surface area (Å²) in [4.78, 5) is 19.0. The zero-order chi connectivity index (χ0) is 19.2. The topological polar surface area (TPSA) is 93.6 Å². The van der Waals surface area contributed by atoms with Crippen molar-refractivity contribution < 1.29 is 19.4 Å². The van der Waals surface area contributed by atoms with Gasteiger partial charge in [-0.2, -0.15) is 0 Å². The first-order valence-corrected chi connectivity index (χ1v) is 8.38. The molecule has 7 nitrogen and oxygen atoms in total. The molecule has 2 aromatic carbocycles. The van der Waals surface area contributed by atoms with Crippen molar-refractivity contribution >= 4 is 17.5 Å². The normalized spacial score (nSPS) is 10.5. The van der Waals surface area contributed by atoms with Gasteiger partial charge in [-0.25, -0.2) is 14.8 Å². The molecule has 0 spiro atoms. The Balaban J connectivity index is 1.79. The standard InChI is InChI=1S/C20H19N3O4/c1-13(2)26-17-12-21-19(20(24)25)23-18(17)22-14-8-10-16(11-9-14)27-15-6-4-3-5-7-15/h3-13H,1-2H3,(H,24,25)(H,21,22,23). The van der Waals surface area contributed by atoms with E-state index in [1.165, 1.54) is 6.20 Å². The van der Waals surface area contributed by atoms with E-state index in [0.717, 1.165) is 5.75 Å². The highest BCUT2D eigenvalue weighted by Crippen LogP contribution is 2.28. The molecule has 0 aliphatic carbocycles. The predicted molar refractivity (Wildman–Crippen MR) is 101 cm³/mol. The highest BCUT2D eigenvalue weighted by atomic mass is 16.5. The number of ether oxygens (including phenoxy) is 2. The molecule has 3 rings (SSSR count). The molecule has 1 aromatic heterocycles. The van der Waals surface area contributed by atoms with Crippen LogP contribution in [0.15, 0.2) is 60.8 Å². The van der Waals surface area contributed by atoms with Crippen LogP contribution < -0.4 is 14.8 Å². The van der Waals surface area contributed by atoms with Crippen molar-refractivity contribution in [2.75, 3.05) is 5.32 Å². The Bertz CT molecular complexity index is 912. The molecule has 0 fully saturated rings. The lowest BCUT2D eigenvalue weighted by atomic mass is 10.3. The summed E-state index contributed by atoms with van der Waals surface area (Å²) in [5.41, 5.74) is 0.707. The lowest BCUT2D eigenvalue weighted by Gasteiger charge is -2.15. The minimum Gasteiger partial charge on any atom is -0.485 e. The first-order valence-electron chi connectivity index (χ1n) is 8.38. The highest BCUT2D eigenvalue weighted by molar-refractivity contribution is 5.84. The van der Waals surface area contributed by atoms with Crippen LogP contribution in [0, 0.1) is 0 Å². The Morgan fingerprint density at radius 3 is 2.33 bits per heavy atom. The number of carbonyl (C=O) groups is 1. The van der Waals surface area contributed by atoms with E-state index in [2.05, 4.69) is 15.3 Å². The second-order valence-corrected chi connectivity index (χ2v) is 5.94. The SMILES string of the molecule is CC(C)Oc1cnc(C(=O)O)nc1Nc1ccc(Oc2ccccc2)cc1. The number of rotatable bonds is 7. The molecule has 0 saturated carbocycles. The van der Waals surface area contributed by atoms with Gasteiger partial charge in [-0.15, -0.1) is 0 Å². The first kappa shape index (κ1) is 18.2. The van der Waals surface area contributed by atoms with Gasteiger partial charge >= 0.3 is 5.97 Å². The summed E-state index contributed by atoms with van der Waals surface area (Å²) in [6.07, 6.45) is 1.25. The predicted octanol–water partition coefficient (Wildman–Crippen LogP) is 4.50. The second kappa shape index (κ2) is 8.18. The average molecular weight is 365 g/mol. The number of hydrogen-bond donors (Lipinski definition) is 2. The summed E-state index contributed by atoms with van der Waals surface area (Å²) < 4.78 is 11.4. The second-order valence-electron chi connectivity index (χ2n) is 5.94. The van der Waals surface area contributed by atoms with Gasteiger partial charge in [0.1, 0.15) is 11.5 Å². The van der Waals surface area contributed by atoms with Crippen LogP contribution >= 0.6 is 0 Å². The lowest BCUT2D eigenvalue weighted by molar-refractivity contribution is 0.0683. The highest BCUT2D eigenvalue weighted by Gasteiger charge is 2.14. The van der Waals surface area contributed by atoms with Gasteiger partial charge in [0.25, 0.3) is 0 Å². The molecule has 2 N–H and O–H groups in total. The summed E-state index contributed by atoms with van der Waals surface area (Å²) in [5, 5.41) is 12.2. The fourth-order valence-electron chi connectivity index (χ4n) is 2.27. The third kappa shape index (κ3) is 4.94. The minimum atomic E-state index is -1.21. The maximum Gasteiger partial charge on any atom is 0.374 e. The van der Waals surface area contributed by atoms with Gasteiger partial charge in [-0.05, 0) is 50.2 Å². The van der Waals surface area contributed by atoms with E-state index in [4.69, 9.17) is 14.6 Å². The molecule has 0 aliphatic heterocycles. The van der Waals surface area contributed by atoms with E-state index in [1.54, 1.807) is 24.3 Å². The summed E-state index contributed by atoms with van der Waals surface area (Å²) >= 11 is 0. The third-order valence-electron chi connectivity index (χ3n) is 3.41. The average Bonchev–Trinajstić information content (AvgIpc) is 2.65. The maximum absolute atomic E-state index is 11.1. The van der Waals surface area contributed by atoms with E-state index in [-0.39, 0.29) is 17.7 Å². The van der Waals surface area contributed by atoms with Crippen LogP contribution in [0.25, 0.3) is 0 Å². The van der Waals surface area contributed by atoms with Crippen LogP contribution in [0.4, 0.5) is 11.5 Å². The molecular formula is C20H19N3O4. The summed E-state index contributed by atoms with van der Waals surface area (Å²) in [7, 11) is 0. The molecule has 0 atom stereocenters. The van der Waals surface area contributed by atoms with Gasteiger partial charge in [-0.1, -0.05) is 18.2 Å². The molecule has 0 aliphatic rings. The van der Waals surface area contributed by atoms with Gasteiger partial charge in [0, 0.05) is 5.69 Å². The van der Waals surface area contributed by atoms with E-state index in [1.807, 2.05) is 44.2 Å². The van der Waals surface area contributed by atoms with Crippen LogP contribution in [0.2, 0.25) is 0 Å². The van der Waals surface area contributed by atoms with Gasteiger partial charge in [0.15, 0.2) is 11.6 Å². The molecule has 0 bridgehead atoms. The van der Waals surface area contributed by atoms with Crippen molar-refractivity contribution in [3.8, 4) is 17.2 Å². The van der Waals surface area contributed by atoms with Gasteiger partial charge in [0.2, 0.25) is 5.82 Å². The van der Waals surface area contributed by atoms with Crippen LogP contribution in [0.1, 0.15) is 24.5 Å². The third-order valence-corrected chi connectivity index (χ3v) is 3.41. The number of para-hydroxylation sites is 1. The number of nitrogens with zero attached hydrogens (tertiary/aromatic N) is 2. The zero-order valence-corrected chi connectivity index (χ0v) is 14.9. The Hall–Kier alpha value is -3.61. The number of nitrogens with one attached hydrogen (secondary N) is 1. The van der Waals surface area contributed by atoms with Gasteiger partial charge < -0.3 is 19.9 Å². The smallest absolute Gasteiger partial charge is 0.374 e. The summed E-state index contributed by atoms with van der Waals surface area (Å²) in [6.45, 7) is 3.73. The molecular weight excluding hydrogens is 346 g/mol. The molecule has 0 amide bonds. The molecule has 0 unspecified atom stereocenters. The van der Waals surface area contributed by atoms with E-state index >= 15 is 0 Å². The van der Waals surface area contributed by atoms with Crippen molar-refractivity contribution in [3.63, 3.8) is 0 Å². The van der Waals surface area contributed by atoms with Crippen LogP contribution in [-0.2, 0) is 0 Å². The Kier molecular flexibility index (Phi) is 5.51. The number of carboxylic acid groups (broad SMARTS) is 1. The molecule has 138 valence electrons. The number of benzene rings is 2. The van der Waals surface area contributed by atoms with Gasteiger partial charge in [0.05, 0.1) is 12.3 Å². The van der Waals surface area contributed by atoms with Crippen LogP contribution in [-0.4, -0.2) is 27.1 Å². The number of carboxylic acids is 1. The quantitative estimate of drug-likeness (QED) is 0.637. The fourth-order valence-corrected chi connectivity index (χ4v) is 2.27. The lowest BCUT2D eigenvalue weighted by Crippen LogP contribution is -2.12. The molecule has 7 heteroatoms. The molecule has 0 saturated heterocycles. The monoisotopic (exact) mass is 365 g/mol. The Morgan fingerprint density at radius 2 is 1.70 bits per heavy atom. The maximum atomic E-state index is 11.1. The molecule has 27 heavy (non-hydrogen) atoms. The fraction of sp³-hybridized carbons (Fsp3) is 0.150. The number of aromatic nitrogens is 2. The van der Waals surface area contributed by atoms with E-state index < -0.39 is 5.97 Å². The zero-order valence-electron chi connectivity index (χ0n) is 14.9. The van der Waals surface area contributed by atoms with E-state index in [9.17, 15) is 4.79 Å². The van der Waals surface area contributed by atoms with Crippen molar-refractivity contribution in [2.24, 2.45) is 0 Å². The molecule has 0 radical (unpaired) electrons. The molecule has 3 aromatic rings. The Labute approximate surface area is 156 Å². The van der Waals surface area contributed by atoms with Crippen LogP contribution in [0.3, 0.4) is 0 Å². The van der Waals surface area contributed by atoms with Crippen LogP contribution in [0.5, 0.6) is 17.2 Å². The van der Waals surface area contributed by atoms with E-state index in [0.29, 0.717) is 17.2 Å². The van der Waals surface area contributed by atoms with Crippen molar-refractivity contribution in [3.05, 3.63) is 66.6 Å². The molecule has 1 heterocycles.